The highest BCUT2D eigenvalue weighted by molar-refractivity contribution is 14.1. The monoisotopic (exact) mass is 278 g/mol. The van der Waals surface area contributed by atoms with Gasteiger partial charge in [0.1, 0.15) is 0 Å². The molecule has 66 valence electrons. The average Bonchev–Trinajstić information content (AvgIpc) is 2.07. The standard InChI is InChI=1S/C7H8.C2H3IO2/c1-7-5-3-2-4-6-7;1-2(4)5-3/h2-6H,1H3;1H3. The van der Waals surface area contributed by atoms with E-state index in [1.165, 1.54) is 35.5 Å². The molecule has 0 fully saturated rings. The summed E-state index contributed by atoms with van der Waals surface area (Å²) in [6.07, 6.45) is 0. The second kappa shape index (κ2) is 7.09. The molecule has 0 heterocycles. The summed E-state index contributed by atoms with van der Waals surface area (Å²) < 4.78 is 4.08. The van der Waals surface area contributed by atoms with Gasteiger partial charge >= 0.3 is 5.97 Å². The van der Waals surface area contributed by atoms with E-state index in [1.807, 2.05) is 18.2 Å². The van der Waals surface area contributed by atoms with Crippen LogP contribution in [0.5, 0.6) is 0 Å². The molecule has 0 saturated carbocycles. The lowest BCUT2D eigenvalue weighted by molar-refractivity contribution is -0.128. The van der Waals surface area contributed by atoms with Gasteiger partial charge in [-0.2, -0.15) is 0 Å². The molecule has 0 saturated heterocycles. The van der Waals surface area contributed by atoms with Crippen LogP contribution >= 0.6 is 23.0 Å². The largest absolute Gasteiger partial charge is 0.395 e. The summed E-state index contributed by atoms with van der Waals surface area (Å²) in [6, 6.07) is 10.3. The van der Waals surface area contributed by atoms with E-state index >= 15 is 0 Å². The van der Waals surface area contributed by atoms with Crippen LogP contribution in [-0.4, -0.2) is 5.97 Å². The molecule has 0 atom stereocenters. The third-order valence-electron chi connectivity index (χ3n) is 1.05. The zero-order valence-corrected chi connectivity index (χ0v) is 9.24. The molecular formula is C9H11IO2. The smallest absolute Gasteiger partial charge is 0.312 e. The Morgan fingerprint density at radius 3 is 1.92 bits per heavy atom. The maximum atomic E-state index is 9.58. The molecule has 0 aliphatic rings. The van der Waals surface area contributed by atoms with Crippen LogP contribution in [0.15, 0.2) is 30.3 Å². The van der Waals surface area contributed by atoms with E-state index in [4.69, 9.17) is 0 Å². The van der Waals surface area contributed by atoms with Gasteiger partial charge in [0, 0.05) is 6.92 Å². The van der Waals surface area contributed by atoms with Gasteiger partial charge in [-0.05, 0) is 6.92 Å². The number of hydrogen-bond donors (Lipinski definition) is 0. The molecule has 0 aliphatic heterocycles. The molecule has 0 unspecified atom stereocenters. The maximum absolute atomic E-state index is 9.58. The normalized spacial score (nSPS) is 7.92. The molecule has 0 spiro atoms. The molecule has 2 nitrogen and oxygen atoms in total. The van der Waals surface area contributed by atoms with E-state index in [1.54, 1.807) is 0 Å². The predicted molar refractivity (Wildman–Crippen MR) is 57.0 cm³/mol. The highest BCUT2D eigenvalue weighted by atomic mass is 127. The van der Waals surface area contributed by atoms with Crippen LogP contribution in [0.4, 0.5) is 0 Å². The molecule has 0 amide bonds. The van der Waals surface area contributed by atoms with Gasteiger partial charge in [0.05, 0.1) is 0 Å². The van der Waals surface area contributed by atoms with Crippen LogP contribution in [-0.2, 0) is 7.86 Å². The van der Waals surface area contributed by atoms with Crippen molar-refractivity contribution in [3.05, 3.63) is 35.9 Å². The van der Waals surface area contributed by atoms with E-state index in [2.05, 4.69) is 22.1 Å². The third-order valence-corrected chi connectivity index (χ3v) is 1.67. The summed E-state index contributed by atoms with van der Waals surface area (Å²) in [5, 5.41) is 0. The second-order valence-electron chi connectivity index (χ2n) is 2.22. The Bertz CT molecular complexity index is 221. The van der Waals surface area contributed by atoms with Gasteiger partial charge in [-0.15, -0.1) is 0 Å². The van der Waals surface area contributed by atoms with E-state index in [0.717, 1.165) is 0 Å². The Kier molecular flexibility index (Phi) is 6.75. The van der Waals surface area contributed by atoms with E-state index in [-0.39, 0.29) is 5.97 Å². The van der Waals surface area contributed by atoms with Crippen LogP contribution < -0.4 is 0 Å². The quantitative estimate of drug-likeness (QED) is 0.682. The Hall–Kier alpha value is -0.580. The molecule has 12 heavy (non-hydrogen) atoms. The van der Waals surface area contributed by atoms with Crippen molar-refractivity contribution >= 4 is 29.0 Å². The number of rotatable bonds is 0. The van der Waals surface area contributed by atoms with Crippen molar-refractivity contribution < 1.29 is 7.86 Å². The van der Waals surface area contributed by atoms with E-state index in [0.29, 0.717) is 0 Å². The average molecular weight is 278 g/mol. The first-order chi connectivity index (χ1) is 5.66. The zero-order chi connectivity index (χ0) is 9.40. The van der Waals surface area contributed by atoms with Gasteiger partial charge in [-0.1, -0.05) is 35.9 Å². The van der Waals surface area contributed by atoms with E-state index < -0.39 is 0 Å². The molecule has 1 aromatic carbocycles. The molecule has 1 rings (SSSR count). The Morgan fingerprint density at radius 1 is 1.33 bits per heavy atom. The summed E-state index contributed by atoms with van der Waals surface area (Å²) in [6.45, 7) is 3.44. The van der Waals surface area contributed by atoms with Crippen molar-refractivity contribution in [3.8, 4) is 0 Å². The first-order valence-electron chi connectivity index (χ1n) is 3.47. The van der Waals surface area contributed by atoms with Crippen molar-refractivity contribution in [3.63, 3.8) is 0 Å². The number of carbonyl (C=O) groups excluding carboxylic acids is 1. The van der Waals surface area contributed by atoms with Crippen LogP contribution in [0.25, 0.3) is 0 Å². The molecule has 0 bridgehead atoms. The fraction of sp³-hybridized carbons (Fsp3) is 0.222. The lowest BCUT2D eigenvalue weighted by Gasteiger charge is -1.82. The predicted octanol–water partition coefficient (Wildman–Crippen LogP) is 2.89. The van der Waals surface area contributed by atoms with Crippen molar-refractivity contribution in [1.29, 1.82) is 0 Å². The number of carbonyl (C=O) groups is 1. The van der Waals surface area contributed by atoms with Gasteiger partial charge in [-0.3, -0.25) is 4.79 Å². The number of aryl methyl sites for hydroxylation is 1. The van der Waals surface area contributed by atoms with Crippen LogP contribution in [0, 0.1) is 6.92 Å². The highest BCUT2D eigenvalue weighted by Crippen LogP contribution is 1.92. The SMILES string of the molecule is CC(=O)OI.Cc1ccccc1. The lowest BCUT2D eigenvalue weighted by Crippen LogP contribution is -1.81. The number of hydrogen-bond acceptors (Lipinski definition) is 2. The minimum atomic E-state index is -0.259. The van der Waals surface area contributed by atoms with Crippen molar-refractivity contribution in [2.24, 2.45) is 0 Å². The Labute approximate surface area is 86.6 Å². The minimum Gasteiger partial charge on any atom is -0.395 e. The lowest BCUT2D eigenvalue weighted by atomic mass is 10.2. The first-order valence-corrected chi connectivity index (χ1v) is 4.35. The van der Waals surface area contributed by atoms with Crippen molar-refractivity contribution in [2.75, 3.05) is 0 Å². The van der Waals surface area contributed by atoms with Crippen molar-refractivity contribution in [2.45, 2.75) is 13.8 Å². The van der Waals surface area contributed by atoms with E-state index in [9.17, 15) is 4.79 Å². The van der Waals surface area contributed by atoms with Crippen molar-refractivity contribution in [1.82, 2.24) is 0 Å². The van der Waals surface area contributed by atoms with Gasteiger partial charge in [-0.25, -0.2) is 0 Å². The Balaban J connectivity index is 0.000000217. The molecule has 0 aliphatic carbocycles. The van der Waals surface area contributed by atoms with Gasteiger partial charge in [0.25, 0.3) is 0 Å². The summed E-state index contributed by atoms with van der Waals surface area (Å²) in [7, 11) is 0. The summed E-state index contributed by atoms with van der Waals surface area (Å²) in [5.74, 6) is -0.259. The number of halogens is 1. The van der Waals surface area contributed by atoms with Crippen LogP contribution in [0.2, 0.25) is 0 Å². The van der Waals surface area contributed by atoms with Gasteiger partial charge in [0.15, 0.2) is 23.0 Å². The van der Waals surface area contributed by atoms with Gasteiger partial charge < -0.3 is 3.07 Å². The molecular weight excluding hydrogens is 267 g/mol. The second-order valence-corrected chi connectivity index (χ2v) is 2.66. The minimum absolute atomic E-state index is 0.259. The molecule has 0 radical (unpaired) electrons. The van der Waals surface area contributed by atoms with Crippen LogP contribution in [0.1, 0.15) is 12.5 Å². The summed E-state index contributed by atoms with van der Waals surface area (Å²) in [5.41, 5.74) is 1.32. The first kappa shape index (κ1) is 11.4. The Morgan fingerprint density at radius 2 is 1.75 bits per heavy atom. The fourth-order valence-corrected chi connectivity index (χ4v) is 0.534. The molecule has 0 aromatic heterocycles. The summed E-state index contributed by atoms with van der Waals surface area (Å²) >= 11 is 1.53. The fourth-order valence-electron chi connectivity index (χ4n) is 0.534. The third kappa shape index (κ3) is 7.53. The zero-order valence-electron chi connectivity index (χ0n) is 7.08. The highest BCUT2D eigenvalue weighted by Gasteiger charge is 1.78. The summed E-state index contributed by atoms with van der Waals surface area (Å²) in [4.78, 5) is 9.58. The molecule has 1 aromatic rings. The maximum Gasteiger partial charge on any atom is 0.312 e. The number of benzene rings is 1. The van der Waals surface area contributed by atoms with Crippen LogP contribution in [0.3, 0.4) is 0 Å². The molecule has 0 N–H and O–H groups in total. The molecule has 3 heteroatoms. The van der Waals surface area contributed by atoms with Gasteiger partial charge in [0.2, 0.25) is 0 Å². The topological polar surface area (TPSA) is 26.3 Å².